The van der Waals surface area contributed by atoms with Crippen LogP contribution in [0.15, 0.2) is 41.4 Å². The van der Waals surface area contributed by atoms with Gasteiger partial charge in [-0.1, -0.05) is 76.6 Å². The summed E-state index contributed by atoms with van der Waals surface area (Å²) in [7, 11) is 0. The van der Waals surface area contributed by atoms with Crippen molar-refractivity contribution in [2.45, 2.75) is 59.5 Å². The summed E-state index contributed by atoms with van der Waals surface area (Å²) in [6.45, 7) is 9.61. The van der Waals surface area contributed by atoms with Crippen molar-refractivity contribution in [1.29, 1.82) is 0 Å². The van der Waals surface area contributed by atoms with Gasteiger partial charge < -0.3 is 10.6 Å². The third-order valence-electron chi connectivity index (χ3n) is 5.52. The third kappa shape index (κ3) is 5.36. The largest absolute Gasteiger partial charge is 0.351 e. The predicted octanol–water partition coefficient (Wildman–Crippen LogP) is 5.91. The Morgan fingerprint density at radius 1 is 1.22 bits per heavy atom. The first-order chi connectivity index (χ1) is 15.0. The molecule has 3 rings (SSSR count). The van der Waals surface area contributed by atoms with Gasteiger partial charge >= 0.3 is 6.03 Å². The van der Waals surface area contributed by atoms with Gasteiger partial charge in [0, 0.05) is 23.9 Å². The highest BCUT2D eigenvalue weighted by atomic mass is 35.5. The molecule has 1 unspecified atom stereocenters. The fourth-order valence-corrected chi connectivity index (χ4v) is 3.76. The number of hydrogen-bond acceptors (Lipinski definition) is 2. The highest BCUT2D eigenvalue weighted by Gasteiger charge is 2.28. The molecule has 0 saturated carbocycles. The van der Waals surface area contributed by atoms with E-state index in [4.69, 9.17) is 11.6 Å². The second kappa shape index (κ2) is 9.41. The average molecular weight is 458 g/mol. The van der Waals surface area contributed by atoms with E-state index >= 15 is 4.39 Å². The third-order valence-corrected chi connectivity index (χ3v) is 5.83. The summed E-state index contributed by atoms with van der Waals surface area (Å²) in [4.78, 5) is 28.5. The Bertz CT molecular complexity index is 1060. The van der Waals surface area contributed by atoms with Gasteiger partial charge in [-0.25, -0.2) is 9.18 Å². The van der Waals surface area contributed by atoms with Gasteiger partial charge in [0.05, 0.1) is 22.3 Å². The maximum atomic E-state index is 15.4. The van der Waals surface area contributed by atoms with Crippen molar-refractivity contribution in [2.24, 2.45) is 10.4 Å². The molecule has 2 aromatic carbocycles. The molecule has 2 aromatic rings. The molecule has 32 heavy (non-hydrogen) atoms. The molecule has 0 bridgehead atoms. The van der Waals surface area contributed by atoms with E-state index in [1.54, 1.807) is 26.8 Å². The van der Waals surface area contributed by atoms with Crippen molar-refractivity contribution in [3.63, 3.8) is 0 Å². The SMILES string of the molecule is CC(C)c1ccc(C2CC(c3c(Cl)ccc(CNC(=O)C(C)(C)C)c3F)=NC(=O)N2)cc1. The summed E-state index contributed by atoms with van der Waals surface area (Å²) in [6, 6.07) is 10.2. The van der Waals surface area contributed by atoms with Gasteiger partial charge in [0.2, 0.25) is 5.91 Å². The lowest BCUT2D eigenvalue weighted by Crippen LogP contribution is -2.35. The van der Waals surface area contributed by atoms with Crippen molar-refractivity contribution in [3.05, 3.63) is 69.5 Å². The molecule has 0 aliphatic carbocycles. The molecule has 0 radical (unpaired) electrons. The minimum Gasteiger partial charge on any atom is -0.351 e. The van der Waals surface area contributed by atoms with Crippen molar-refractivity contribution in [3.8, 4) is 0 Å². The second-order valence-corrected chi connectivity index (χ2v) is 9.82. The van der Waals surface area contributed by atoms with Crippen LogP contribution >= 0.6 is 11.6 Å². The van der Waals surface area contributed by atoms with Crippen molar-refractivity contribution >= 4 is 29.3 Å². The number of halogens is 2. The lowest BCUT2D eigenvalue weighted by molar-refractivity contribution is -0.128. The van der Waals surface area contributed by atoms with Crippen molar-refractivity contribution in [1.82, 2.24) is 10.6 Å². The standard InChI is InChI=1S/C25H29ClFN3O2/c1-14(2)15-6-8-16(9-7-15)19-12-20(30-24(32)29-19)21-18(26)11-10-17(22(21)27)13-28-23(31)25(3,4)5/h6-11,14,19H,12-13H2,1-5H3,(H,28,31)(H,29,32). The molecule has 170 valence electrons. The Labute approximate surface area is 193 Å². The molecule has 0 fully saturated rings. The number of hydrogen-bond donors (Lipinski definition) is 2. The Morgan fingerprint density at radius 3 is 2.47 bits per heavy atom. The highest BCUT2D eigenvalue weighted by molar-refractivity contribution is 6.34. The Balaban J connectivity index is 1.87. The van der Waals surface area contributed by atoms with Crippen LogP contribution in [-0.2, 0) is 11.3 Å². The van der Waals surface area contributed by atoms with E-state index < -0.39 is 17.3 Å². The fourth-order valence-electron chi connectivity index (χ4n) is 3.50. The minimum absolute atomic E-state index is 0.0195. The van der Waals surface area contributed by atoms with E-state index in [1.165, 1.54) is 11.6 Å². The predicted molar refractivity (Wildman–Crippen MR) is 126 cm³/mol. The van der Waals surface area contributed by atoms with Gasteiger partial charge in [-0.2, -0.15) is 4.99 Å². The first-order valence-electron chi connectivity index (χ1n) is 10.7. The van der Waals surface area contributed by atoms with Gasteiger partial charge in [-0.3, -0.25) is 4.79 Å². The molecule has 0 spiro atoms. The summed E-state index contributed by atoms with van der Waals surface area (Å²) in [5.41, 5.74) is 2.21. The van der Waals surface area contributed by atoms with Gasteiger partial charge in [0.15, 0.2) is 0 Å². The highest BCUT2D eigenvalue weighted by Crippen LogP contribution is 2.30. The number of nitrogens with one attached hydrogen (secondary N) is 2. The zero-order chi connectivity index (χ0) is 23.6. The molecule has 0 saturated heterocycles. The molecular formula is C25H29ClFN3O2. The van der Waals surface area contributed by atoms with Crippen LogP contribution in [0.5, 0.6) is 0 Å². The van der Waals surface area contributed by atoms with Crippen LogP contribution in [0.4, 0.5) is 9.18 Å². The van der Waals surface area contributed by atoms with Crippen molar-refractivity contribution < 1.29 is 14.0 Å². The minimum atomic E-state index is -0.588. The van der Waals surface area contributed by atoms with Gasteiger partial charge in [-0.05, 0) is 23.1 Å². The molecule has 1 heterocycles. The number of rotatable bonds is 5. The molecule has 1 aliphatic heterocycles. The summed E-state index contributed by atoms with van der Waals surface area (Å²) >= 11 is 6.33. The van der Waals surface area contributed by atoms with Gasteiger partial charge in [0.25, 0.3) is 0 Å². The number of nitrogens with zero attached hydrogens (tertiary/aromatic N) is 1. The van der Waals surface area contributed by atoms with E-state index in [9.17, 15) is 9.59 Å². The van der Waals surface area contributed by atoms with Crippen LogP contribution in [-0.4, -0.2) is 17.6 Å². The zero-order valence-corrected chi connectivity index (χ0v) is 19.8. The molecule has 5 nitrogen and oxygen atoms in total. The van der Waals surface area contributed by atoms with E-state index in [0.29, 0.717) is 12.3 Å². The van der Waals surface area contributed by atoms with Crippen LogP contribution in [0.25, 0.3) is 0 Å². The van der Waals surface area contributed by atoms with Gasteiger partial charge in [0.1, 0.15) is 5.82 Å². The van der Waals surface area contributed by atoms with Crippen LogP contribution in [0, 0.1) is 11.2 Å². The summed E-state index contributed by atoms with van der Waals surface area (Å²) < 4.78 is 15.4. The molecule has 7 heteroatoms. The summed E-state index contributed by atoms with van der Waals surface area (Å²) in [5, 5.41) is 5.76. The van der Waals surface area contributed by atoms with Crippen LogP contribution < -0.4 is 10.6 Å². The quantitative estimate of drug-likeness (QED) is 0.586. The Kier molecular flexibility index (Phi) is 7.03. The lowest BCUT2D eigenvalue weighted by Gasteiger charge is -2.25. The van der Waals surface area contributed by atoms with Crippen LogP contribution in [0.3, 0.4) is 0 Å². The topological polar surface area (TPSA) is 70.6 Å². The molecule has 3 amide bonds. The fraction of sp³-hybridized carbons (Fsp3) is 0.400. The number of carbonyl (C=O) groups excluding carboxylic acids is 2. The molecule has 1 aliphatic rings. The second-order valence-electron chi connectivity index (χ2n) is 9.41. The number of aliphatic imine (C=N–C) groups is 1. The van der Waals surface area contributed by atoms with E-state index in [-0.39, 0.29) is 40.4 Å². The first-order valence-corrected chi connectivity index (χ1v) is 11.1. The van der Waals surface area contributed by atoms with Crippen molar-refractivity contribution in [2.75, 3.05) is 0 Å². The van der Waals surface area contributed by atoms with E-state index in [1.807, 2.05) is 24.3 Å². The molecule has 0 aromatic heterocycles. The molecular weight excluding hydrogens is 429 g/mol. The lowest BCUT2D eigenvalue weighted by atomic mass is 9.92. The number of amides is 3. The Morgan fingerprint density at radius 2 is 1.88 bits per heavy atom. The van der Waals surface area contributed by atoms with E-state index in [2.05, 4.69) is 29.5 Å². The Hall–Kier alpha value is -2.73. The van der Waals surface area contributed by atoms with E-state index in [0.717, 1.165) is 5.56 Å². The monoisotopic (exact) mass is 457 g/mol. The normalized spacial score (nSPS) is 16.6. The number of benzene rings is 2. The van der Waals surface area contributed by atoms with Crippen LogP contribution in [0.2, 0.25) is 5.02 Å². The number of carbonyl (C=O) groups is 2. The average Bonchev–Trinajstić information content (AvgIpc) is 2.72. The zero-order valence-electron chi connectivity index (χ0n) is 19.1. The summed E-state index contributed by atoms with van der Waals surface area (Å²) in [5.74, 6) is -0.363. The maximum absolute atomic E-state index is 15.4. The molecule has 2 N–H and O–H groups in total. The summed E-state index contributed by atoms with van der Waals surface area (Å²) in [6.07, 6.45) is 0.307. The molecule has 1 atom stereocenters. The number of urea groups is 1. The maximum Gasteiger partial charge on any atom is 0.341 e. The van der Waals surface area contributed by atoms with Crippen LogP contribution in [0.1, 0.15) is 75.3 Å². The van der Waals surface area contributed by atoms with Gasteiger partial charge in [-0.15, -0.1) is 0 Å². The smallest absolute Gasteiger partial charge is 0.341 e. The first kappa shape index (κ1) is 23.9.